The molecule has 6 heteroatoms. The van der Waals surface area contributed by atoms with Gasteiger partial charge in [-0.3, -0.25) is 0 Å². The van der Waals surface area contributed by atoms with Crippen LogP contribution in [0.5, 0.6) is 0 Å². The Morgan fingerprint density at radius 2 is 1.88 bits per heavy atom. The number of aliphatic hydroxyl groups is 1. The SMILES string of the molecule is CONCC(O)c1ccc(C(F)(F)F)cc1. The lowest BCUT2D eigenvalue weighted by Gasteiger charge is -2.12. The predicted molar refractivity (Wildman–Crippen MR) is 51.4 cm³/mol. The van der Waals surface area contributed by atoms with Gasteiger partial charge in [-0.25, -0.2) is 0 Å². The van der Waals surface area contributed by atoms with Gasteiger partial charge in [0.15, 0.2) is 0 Å². The topological polar surface area (TPSA) is 41.5 Å². The molecule has 0 saturated carbocycles. The summed E-state index contributed by atoms with van der Waals surface area (Å²) < 4.78 is 36.7. The molecular weight excluding hydrogens is 223 g/mol. The van der Waals surface area contributed by atoms with Gasteiger partial charge in [0.05, 0.1) is 25.3 Å². The van der Waals surface area contributed by atoms with Crippen LogP contribution in [0.3, 0.4) is 0 Å². The molecule has 3 nitrogen and oxygen atoms in total. The van der Waals surface area contributed by atoms with Gasteiger partial charge < -0.3 is 9.94 Å². The summed E-state index contributed by atoms with van der Waals surface area (Å²) in [5.41, 5.74) is 2.09. The maximum absolute atomic E-state index is 12.2. The van der Waals surface area contributed by atoms with E-state index in [2.05, 4.69) is 10.3 Å². The first-order chi connectivity index (χ1) is 7.45. The molecule has 0 aromatic heterocycles. The minimum atomic E-state index is -4.35. The number of halogens is 3. The largest absolute Gasteiger partial charge is 0.416 e. The van der Waals surface area contributed by atoms with Crippen LogP contribution in [-0.2, 0) is 11.0 Å². The second-order valence-electron chi connectivity index (χ2n) is 3.19. The van der Waals surface area contributed by atoms with E-state index >= 15 is 0 Å². The molecule has 1 aromatic carbocycles. The summed E-state index contributed by atoms with van der Waals surface area (Å²) in [5, 5.41) is 9.52. The van der Waals surface area contributed by atoms with Gasteiger partial charge in [-0.2, -0.15) is 18.7 Å². The highest BCUT2D eigenvalue weighted by Crippen LogP contribution is 2.29. The molecule has 0 spiro atoms. The van der Waals surface area contributed by atoms with Crippen molar-refractivity contribution in [2.45, 2.75) is 12.3 Å². The van der Waals surface area contributed by atoms with Gasteiger partial charge in [0, 0.05) is 0 Å². The smallest absolute Gasteiger partial charge is 0.387 e. The van der Waals surface area contributed by atoms with E-state index in [4.69, 9.17) is 0 Å². The molecule has 0 fully saturated rings. The predicted octanol–water partition coefficient (Wildman–Crippen LogP) is 1.89. The highest BCUT2D eigenvalue weighted by Gasteiger charge is 2.30. The first-order valence-corrected chi connectivity index (χ1v) is 4.56. The summed E-state index contributed by atoms with van der Waals surface area (Å²) in [6, 6.07) is 4.35. The minimum absolute atomic E-state index is 0.113. The van der Waals surface area contributed by atoms with Crippen LogP contribution in [-0.4, -0.2) is 18.8 Å². The van der Waals surface area contributed by atoms with Crippen LogP contribution in [0, 0.1) is 0 Å². The molecule has 1 rings (SSSR count). The van der Waals surface area contributed by atoms with Crippen molar-refractivity contribution < 1.29 is 23.1 Å². The molecule has 0 bridgehead atoms. The van der Waals surface area contributed by atoms with E-state index in [1.54, 1.807) is 0 Å². The number of nitrogens with one attached hydrogen (secondary N) is 1. The van der Waals surface area contributed by atoms with Gasteiger partial charge in [0.25, 0.3) is 0 Å². The molecule has 1 atom stereocenters. The molecule has 0 saturated heterocycles. The maximum Gasteiger partial charge on any atom is 0.416 e. The molecule has 1 aromatic rings. The Morgan fingerprint density at radius 3 is 2.31 bits per heavy atom. The summed E-state index contributed by atoms with van der Waals surface area (Å²) in [6.45, 7) is 0.113. The summed E-state index contributed by atoms with van der Waals surface area (Å²) in [7, 11) is 1.39. The van der Waals surface area contributed by atoms with Crippen LogP contribution in [0.4, 0.5) is 13.2 Å². The Morgan fingerprint density at radius 1 is 1.31 bits per heavy atom. The summed E-state index contributed by atoms with van der Waals surface area (Å²) in [5.74, 6) is 0. The number of hydrogen-bond donors (Lipinski definition) is 2. The molecular formula is C10H12F3NO2. The quantitative estimate of drug-likeness (QED) is 0.783. The fourth-order valence-corrected chi connectivity index (χ4v) is 1.17. The van der Waals surface area contributed by atoms with Crippen molar-refractivity contribution in [3.8, 4) is 0 Å². The average molecular weight is 235 g/mol. The molecule has 90 valence electrons. The molecule has 0 aliphatic heterocycles. The Bertz CT molecular complexity index is 324. The van der Waals surface area contributed by atoms with Crippen LogP contribution in [0.25, 0.3) is 0 Å². The zero-order chi connectivity index (χ0) is 12.2. The summed E-state index contributed by atoms with van der Waals surface area (Å²) >= 11 is 0. The highest BCUT2D eigenvalue weighted by atomic mass is 19.4. The van der Waals surface area contributed by atoms with Gasteiger partial charge in [0.1, 0.15) is 0 Å². The van der Waals surface area contributed by atoms with Gasteiger partial charge >= 0.3 is 6.18 Å². The van der Waals surface area contributed by atoms with E-state index in [1.807, 2.05) is 0 Å². The molecule has 0 aliphatic carbocycles. The zero-order valence-corrected chi connectivity index (χ0v) is 8.58. The van der Waals surface area contributed by atoms with Crippen molar-refractivity contribution in [3.63, 3.8) is 0 Å². The lowest BCUT2D eigenvalue weighted by Crippen LogP contribution is -2.20. The van der Waals surface area contributed by atoms with E-state index in [9.17, 15) is 18.3 Å². The fourth-order valence-electron chi connectivity index (χ4n) is 1.17. The van der Waals surface area contributed by atoms with Gasteiger partial charge in [-0.1, -0.05) is 12.1 Å². The van der Waals surface area contributed by atoms with Crippen molar-refractivity contribution >= 4 is 0 Å². The number of aliphatic hydroxyl groups excluding tert-OH is 1. The number of benzene rings is 1. The van der Waals surface area contributed by atoms with Crippen LogP contribution in [0.2, 0.25) is 0 Å². The fraction of sp³-hybridized carbons (Fsp3) is 0.400. The number of rotatable bonds is 4. The number of alkyl halides is 3. The monoisotopic (exact) mass is 235 g/mol. The van der Waals surface area contributed by atoms with Gasteiger partial charge in [0.2, 0.25) is 0 Å². The van der Waals surface area contributed by atoms with Crippen molar-refractivity contribution in [1.82, 2.24) is 5.48 Å². The van der Waals surface area contributed by atoms with Crippen molar-refractivity contribution in [2.75, 3.05) is 13.7 Å². The van der Waals surface area contributed by atoms with Gasteiger partial charge in [-0.15, -0.1) is 0 Å². The highest BCUT2D eigenvalue weighted by molar-refractivity contribution is 5.26. The van der Waals surface area contributed by atoms with Crippen LogP contribution < -0.4 is 5.48 Å². The van der Waals surface area contributed by atoms with E-state index < -0.39 is 17.8 Å². The molecule has 0 heterocycles. The average Bonchev–Trinajstić information content (AvgIpc) is 2.25. The van der Waals surface area contributed by atoms with Gasteiger partial charge in [-0.05, 0) is 17.7 Å². The lowest BCUT2D eigenvalue weighted by atomic mass is 10.1. The minimum Gasteiger partial charge on any atom is -0.387 e. The Balaban J connectivity index is 2.71. The molecule has 0 aliphatic rings. The Hall–Kier alpha value is -1.11. The third-order valence-electron chi connectivity index (χ3n) is 2.04. The first kappa shape index (κ1) is 13.0. The van der Waals surface area contributed by atoms with Crippen LogP contribution in [0.1, 0.15) is 17.2 Å². The number of hydrogen-bond acceptors (Lipinski definition) is 3. The molecule has 16 heavy (non-hydrogen) atoms. The molecule has 0 radical (unpaired) electrons. The number of hydroxylamine groups is 1. The molecule has 2 N–H and O–H groups in total. The second kappa shape index (κ2) is 5.29. The van der Waals surface area contributed by atoms with Crippen molar-refractivity contribution in [3.05, 3.63) is 35.4 Å². The van der Waals surface area contributed by atoms with Crippen LogP contribution >= 0.6 is 0 Å². The third-order valence-corrected chi connectivity index (χ3v) is 2.04. The van der Waals surface area contributed by atoms with Crippen LogP contribution in [0.15, 0.2) is 24.3 Å². The molecule has 1 unspecified atom stereocenters. The standard InChI is InChI=1S/C10H12F3NO2/c1-16-14-6-9(15)7-2-4-8(5-3-7)10(11,12)13/h2-5,9,14-15H,6H2,1H3. The zero-order valence-electron chi connectivity index (χ0n) is 8.58. The summed E-state index contributed by atoms with van der Waals surface area (Å²) in [6.07, 6.45) is -5.25. The van der Waals surface area contributed by atoms with E-state index in [0.717, 1.165) is 12.1 Å². The van der Waals surface area contributed by atoms with Crippen molar-refractivity contribution in [1.29, 1.82) is 0 Å². The lowest BCUT2D eigenvalue weighted by molar-refractivity contribution is -0.137. The Labute approximate surface area is 90.8 Å². The molecule has 0 amide bonds. The third kappa shape index (κ3) is 3.48. The second-order valence-corrected chi connectivity index (χ2v) is 3.19. The van der Waals surface area contributed by atoms with E-state index in [1.165, 1.54) is 19.2 Å². The van der Waals surface area contributed by atoms with E-state index in [-0.39, 0.29) is 6.54 Å². The maximum atomic E-state index is 12.2. The summed E-state index contributed by atoms with van der Waals surface area (Å²) in [4.78, 5) is 4.52. The normalized spacial score (nSPS) is 13.8. The van der Waals surface area contributed by atoms with Crippen molar-refractivity contribution in [2.24, 2.45) is 0 Å². The Kier molecular flexibility index (Phi) is 4.28. The first-order valence-electron chi connectivity index (χ1n) is 4.56. The van der Waals surface area contributed by atoms with E-state index in [0.29, 0.717) is 5.56 Å².